The third-order valence-corrected chi connectivity index (χ3v) is 2.08. The first-order valence-electron chi connectivity index (χ1n) is 4.45. The average Bonchev–Trinajstić information content (AvgIpc) is 2.05. The Labute approximate surface area is 72.3 Å². The van der Waals surface area contributed by atoms with E-state index in [-0.39, 0.29) is 6.54 Å². The topological polar surface area (TPSA) is 61.4 Å². The Hall–Kier alpha value is -0.610. The van der Waals surface area contributed by atoms with E-state index in [1.165, 1.54) is 12.8 Å². The molecule has 1 aliphatic heterocycles. The van der Waals surface area contributed by atoms with Crippen LogP contribution in [-0.2, 0) is 4.79 Å². The van der Waals surface area contributed by atoms with Crippen LogP contribution in [0.2, 0.25) is 0 Å². The molecule has 1 heterocycles. The van der Waals surface area contributed by atoms with Gasteiger partial charge in [-0.3, -0.25) is 4.79 Å². The number of carboxylic acids is 1. The Morgan fingerprint density at radius 3 is 3.00 bits per heavy atom. The summed E-state index contributed by atoms with van der Waals surface area (Å²) < 4.78 is 0. The molecular formula is C8H16N2O2. The molecule has 0 aromatic carbocycles. The van der Waals surface area contributed by atoms with Gasteiger partial charge in [0.2, 0.25) is 0 Å². The molecule has 4 nitrogen and oxygen atoms in total. The first kappa shape index (κ1) is 9.48. The van der Waals surface area contributed by atoms with Gasteiger partial charge in [-0.25, -0.2) is 0 Å². The van der Waals surface area contributed by atoms with Crippen molar-refractivity contribution in [1.29, 1.82) is 0 Å². The maximum absolute atomic E-state index is 10.2. The largest absolute Gasteiger partial charge is 0.480 e. The molecule has 0 aliphatic carbocycles. The Kier molecular flexibility index (Phi) is 4.04. The summed E-state index contributed by atoms with van der Waals surface area (Å²) in [6, 6.07) is 0.470. The van der Waals surface area contributed by atoms with Crippen molar-refractivity contribution in [2.75, 3.05) is 19.6 Å². The van der Waals surface area contributed by atoms with Crippen LogP contribution in [-0.4, -0.2) is 36.8 Å². The van der Waals surface area contributed by atoms with Crippen molar-refractivity contribution in [3.63, 3.8) is 0 Å². The molecule has 0 saturated carbocycles. The number of nitrogens with one attached hydrogen (secondary N) is 2. The SMILES string of the molecule is O=C(O)CNCC1CCCCN1. The van der Waals surface area contributed by atoms with Gasteiger partial charge in [0.25, 0.3) is 0 Å². The van der Waals surface area contributed by atoms with Crippen molar-refractivity contribution >= 4 is 5.97 Å². The normalized spacial score (nSPS) is 23.8. The van der Waals surface area contributed by atoms with Crippen molar-refractivity contribution in [2.45, 2.75) is 25.3 Å². The highest BCUT2D eigenvalue weighted by Crippen LogP contribution is 2.05. The second-order valence-corrected chi connectivity index (χ2v) is 3.17. The third-order valence-electron chi connectivity index (χ3n) is 2.08. The summed E-state index contributed by atoms with van der Waals surface area (Å²) in [4.78, 5) is 10.2. The van der Waals surface area contributed by atoms with Gasteiger partial charge in [-0.2, -0.15) is 0 Å². The van der Waals surface area contributed by atoms with E-state index in [4.69, 9.17) is 5.11 Å². The lowest BCUT2D eigenvalue weighted by Gasteiger charge is -2.23. The second kappa shape index (κ2) is 5.11. The fraction of sp³-hybridized carbons (Fsp3) is 0.875. The van der Waals surface area contributed by atoms with Crippen LogP contribution >= 0.6 is 0 Å². The minimum Gasteiger partial charge on any atom is -0.480 e. The van der Waals surface area contributed by atoms with E-state index in [0.717, 1.165) is 19.5 Å². The van der Waals surface area contributed by atoms with Gasteiger partial charge in [0.1, 0.15) is 0 Å². The highest BCUT2D eigenvalue weighted by Gasteiger charge is 2.11. The Balaban J connectivity index is 2.01. The monoisotopic (exact) mass is 172 g/mol. The average molecular weight is 172 g/mol. The van der Waals surface area contributed by atoms with Gasteiger partial charge in [0.15, 0.2) is 0 Å². The van der Waals surface area contributed by atoms with Gasteiger partial charge in [-0.15, -0.1) is 0 Å². The number of piperidine rings is 1. The van der Waals surface area contributed by atoms with E-state index >= 15 is 0 Å². The zero-order chi connectivity index (χ0) is 8.81. The standard InChI is InChI=1S/C8H16N2O2/c11-8(12)6-9-5-7-3-1-2-4-10-7/h7,9-10H,1-6H2,(H,11,12). The molecule has 4 heteroatoms. The lowest BCUT2D eigenvalue weighted by molar-refractivity contribution is -0.135. The van der Waals surface area contributed by atoms with Crippen LogP contribution in [0.3, 0.4) is 0 Å². The van der Waals surface area contributed by atoms with Crippen LogP contribution in [0.5, 0.6) is 0 Å². The highest BCUT2D eigenvalue weighted by molar-refractivity contribution is 5.68. The van der Waals surface area contributed by atoms with Gasteiger partial charge in [-0.1, -0.05) is 6.42 Å². The predicted molar refractivity (Wildman–Crippen MR) is 46.1 cm³/mol. The molecule has 1 unspecified atom stereocenters. The molecule has 12 heavy (non-hydrogen) atoms. The maximum Gasteiger partial charge on any atom is 0.317 e. The van der Waals surface area contributed by atoms with Crippen LogP contribution in [0, 0.1) is 0 Å². The number of aliphatic carboxylic acids is 1. The fourth-order valence-electron chi connectivity index (χ4n) is 1.45. The zero-order valence-electron chi connectivity index (χ0n) is 7.18. The molecule has 0 spiro atoms. The van der Waals surface area contributed by atoms with Crippen LogP contribution in [0.25, 0.3) is 0 Å². The molecule has 0 radical (unpaired) electrons. The molecule has 0 aromatic rings. The minimum atomic E-state index is -0.786. The van der Waals surface area contributed by atoms with E-state index in [2.05, 4.69) is 10.6 Å². The van der Waals surface area contributed by atoms with E-state index in [9.17, 15) is 4.79 Å². The summed E-state index contributed by atoms with van der Waals surface area (Å²) in [5.74, 6) is -0.786. The lowest BCUT2D eigenvalue weighted by atomic mass is 10.1. The van der Waals surface area contributed by atoms with E-state index in [1.54, 1.807) is 0 Å². The van der Waals surface area contributed by atoms with E-state index in [1.807, 2.05) is 0 Å². The summed E-state index contributed by atoms with van der Waals surface area (Å²) >= 11 is 0. The van der Waals surface area contributed by atoms with E-state index in [0.29, 0.717) is 6.04 Å². The van der Waals surface area contributed by atoms with Crippen molar-refractivity contribution in [2.24, 2.45) is 0 Å². The maximum atomic E-state index is 10.2. The molecule has 70 valence electrons. The minimum absolute atomic E-state index is 0.0676. The number of carboxylic acid groups (broad SMARTS) is 1. The van der Waals surface area contributed by atoms with Crippen molar-refractivity contribution in [3.05, 3.63) is 0 Å². The quantitative estimate of drug-likeness (QED) is 0.549. The molecule has 0 aromatic heterocycles. The van der Waals surface area contributed by atoms with Crippen molar-refractivity contribution in [3.8, 4) is 0 Å². The predicted octanol–water partition coefficient (Wildman–Crippen LogP) is -0.197. The molecule has 3 N–H and O–H groups in total. The van der Waals surface area contributed by atoms with Gasteiger partial charge >= 0.3 is 5.97 Å². The lowest BCUT2D eigenvalue weighted by Crippen LogP contribution is -2.42. The summed E-state index contributed by atoms with van der Waals surface area (Å²) in [6.07, 6.45) is 3.66. The molecular weight excluding hydrogens is 156 g/mol. The third kappa shape index (κ3) is 3.69. The van der Waals surface area contributed by atoms with Crippen molar-refractivity contribution < 1.29 is 9.90 Å². The Bertz CT molecular complexity index is 144. The number of hydrogen-bond donors (Lipinski definition) is 3. The van der Waals surface area contributed by atoms with Crippen LogP contribution in [0.15, 0.2) is 0 Å². The van der Waals surface area contributed by atoms with Crippen LogP contribution in [0.4, 0.5) is 0 Å². The molecule has 0 bridgehead atoms. The van der Waals surface area contributed by atoms with Gasteiger partial charge in [0, 0.05) is 12.6 Å². The van der Waals surface area contributed by atoms with Gasteiger partial charge in [0.05, 0.1) is 6.54 Å². The van der Waals surface area contributed by atoms with Crippen LogP contribution in [0.1, 0.15) is 19.3 Å². The first-order chi connectivity index (χ1) is 5.79. The molecule has 1 rings (SSSR count). The number of rotatable bonds is 4. The Morgan fingerprint density at radius 1 is 1.58 bits per heavy atom. The molecule has 1 atom stereocenters. The Morgan fingerprint density at radius 2 is 2.42 bits per heavy atom. The van der Waals surface area contributed by atoms with Gasteiger partial charge < -0.3 is 15.7 Å². The first-order valence-corrected chi connectivity index (χ1v) is 4.45. The van der Waals surface area contributed by atoms with Gasteiger partial charge in [-0.05, 0) is 19.4 Å². The van der Waals surface area contributed by atoms with E-state index < -0.39 is 5.97 Å². The zero-order valence-corrected chi connectivity index (χ0v) is 7.18. The van der Waals surface area contributed by atoms with Crippen molar-refractivity contribution in [1.82, 2.24) is 10.6 Å². The number of hydrogen-bond acceptors (Lipinski definition) is 3. The fourth-order valence-corrected chi connectivity index (χ4v) is 1.45. The molecule has 1 aliphatic rings. The second-order valence-electron chi connectivity index (χ2n) is 3.17. The summed E-state index contributed by atoms with van der Waals surface area (Å²) in [5, 5.41) is 14.6. The summed E-state index contributed by atoms with van der Waals surface area (Å²) in [5.41, 5.74) is 0. The smallest absolute Gasteiger partial charge is 0.317 e. The molecule has 0 amide bonds. The summed E-state index contributed by atoms with van der Waals surface area (Å²) in [7, 11) is 0. The highest BCUT2D eigenvalue weighted by atomic mass is 16.4. The number of carbonyl (C=O) groups is 1. The summed E-state index contributed by atoms with van der Waals surface area (Å²) in [6.45, 7) is 1.91. The molecule has 1 saturated heterocycles. The molecule has 1 fully saturated rings. The van der Waals surface area contributed by atoms with Crippen LogP contribution < -0.4 is 10.6 Å².